The molecular formula is C20H25Cl2N3O2. The van der Waals surface area contributed by atoms with Crippen LogP contribution in [0.15, 0.2) is 28.8 Å². The number of aryl methyl sites for hydroxylation is 1. The van der Waals surface area contributed by atoms with Crippen molar-refractivity contribution in [1.82, 2.24) is 10.5 Å². The predicted molar refractivity (Wildman–Crippen MR) is 108 cm³/mol. The quantitative estimate of drug-likeness (QED) is 0.788. The van der Waals surface area contributed by atoms with Crippen LogP contribution >= 0.6 is 24.0 Å². The van der Waals surface area contributed by atoms with Gasteiger partial charge in [-0.3, -0.25) is 4.79 Å². The number of benzene rings is 1. The average molecular weight is 410 g/mol. The van der Waals surface area contributed by atoms with E-state index in [1.165, 1.54) is 6.42 Å². The average Bonchev–Trinajstić information content (AvgIpc) is 2.97. The topological polar surface area (TPSA) is 81.2 Å². The normalized spacial score (nSPS) is 26.9. The summed E-state index contributed by atoms with van der Waals surface area (Å²) in [5, 5.41) is 7.93. The number of halogens is 2. The van der Waals surface area contributed by atoms with Crippen molar-refractivity contribution in [1.29, 1.82) is 0 Å². The van der Waals surface area contributed by atoms with Crippen molar-refractivity contribution in [3.63, 3.8) is 0 Å². The van der Waals surface area contributed by atoms with Gasteiger partial charge in [-0.05, 0) is 50.5 Å². The van der Waals surface area contributed by atoms with Gasteiger partial charge in [0.1, 0.15) is 17.0 Å². The van der Waals surface area contributed by atoms with Crippen LogP contribution in [0.2, 0.25) is 5.02 Å². The lowest BCUT2D eigenvalue weighted by molar-refractivity contribution is 0.0755. The van der Waals surface area contributed by atoms with Gasteiger partial charge in [-0.2, -0.15) is 0 Å². The molecule has 4 rings (SSSR count). The molecule has 1 heterocycles. The second kappa shape index (κ2) is 8.21. The van der Waals surface area contributed by atoms with Crippen molar-refractivity contribution in [3.05, 3.63) is 40.6 Å². The Kier molecular flexibility index (Phi) is 6.14. The molecule has 1 amide bonds. The molecule has 0 aliphatic heterocycles. The van der Waals surface area contributed by atoms with E-state index in [4.69, 9.17) is 21.9 Å². The zero-order chi connectivity index (χ0) is 18.3. The molecule has 2 aliphatic rings. The lowest BCUT2D eigenvalue weighted by Gasteiger charge is -2.45. The van der Waals surface area contributed by atoms with E-state index in [-0.39, 0.29) is 30.4 Å². The molecule has 27 heavy (non-hydrogen) atoms. The molecule has 5 nitrogen and oxygen atoms in total. The van der Waals surface area contributed by atoms with Crippen LogP contribution in [0.1, 0.15) is 48.2 Å². The van der Waals surface area contributed by atoms with Gasteiger partial charge in [0, 0.05) is 17.6 Å². The fourth-order valence-electron chi connectivity index (χ4n) is 4.73. The van der Waals surface area contributed by atoms with E-state index < -0.39 is 0 Å². The Morgan fingerprint density at radius 1 is 1.26 bits per heavy atom. The Balaban J connectivity index is 0.00000210. The molecule has 146 valence electrons. The highest BCUT2D eigenvalue weighted by Gasteiger charge is 2.40. The molecule has 0 radical (unpaired) electrons. The van der Waals surface area contributed by atoms with E-state index in [0.717, 1.165) is 25.7 Å². The number of hydrogen-bond donors (Lipinski definition) is 2. The van der Waals surface area contributed by atoms with Gasteiger partial charge >= 0.3 is 0 Å². The van der Waals surface area contributed by atoms with Crippen LogP contribution in [0.5, 0.6) is 0 Å². The van der Waals surface area contributed by atoms with Crippen LogP contribution in [-0.4, -0.2) is 23.1 Å². The number of rotatable bonds is 3. The van der Waals surface area contributed by atoms with Crippen LogP contribution in [-0.2, 0) is 0 Å². The first-order chi connectivity index (χ1) is 12.5. The lowest BCUT2D eigenvalue weighted by atomic mass is 9.67. The van der Waals surface area contributed by atoms with E-state index in [9.17, 15) is 4.79 Å². The minimum Gasteiger partial charge on any atom is -0.360 e. The number of fused-ring (bicyclic) bond motifs is 2. The summed E-state index contributed by atoms with van der Waals surface area (Å²) in [5.41, 5.74) is 7.89. The highest BCUT2D eigenvalue weighted by molar-refractivity contribution is 6.33. The summed E-state index contributed by atoms with van der Waals surface area (Å²) in [6.45, 7) is 1.76. The Morgan fingerprint density at radius 3 is 2.59 bits per heavy atom. The number of aromatic nitrogens is 1. The largest absolute Gasteiger partial charge is 0.360 e. The van der Waals surface area contributed by atoms with Crippen molar-refractivity contribution >= 4 is 29.9 Å². The zero-order valence-electron chi connectivity index (χ0n) is 15.3. The summed E-state index contributed by atoms with van der Waals surface area (Å²) >= 11 is 6.30. The summed E-state index contributed by atoms with van der Waals surface area (Å²) < 4.78 is 5.34. The Labute approximate surface area is 170 Å². The number of nitrogens with one attached hydrogen (secondary N) is 1. The van der Waals surface area contributed by atoms with Gasteiger partial charge in [-0.25, -0.2) is 0 Å². The monoisotopic (exact) mass is 409 g/mol. The Morgan fingerprint density at radius 2 is 1.93 bits per heavy atom. The second-order valence-corrected chi connectivity index (χ2v) is 8.03. The summed E-state index contributed by atoms with van der Waals surface area (Å²) in [5.74, 6) is 1.31. The van der Waals surface area contributed by atoms with Gasteiger partial charge < -0.3 is 15.6 Å². The van der Waals surface area contributed by atoms with Gasteiger partial charge in [0.2, 0.25) is 0 Å². The van der Waals surface area contributed by atoms with Crippen molar-refractivity contribution in [3.8, 4) is 11.3 Å². The molecule has 2 saturated carbocycles. The van der Waals surface area contributed by atoms with Crippen molar-refractivity contribution < 1.29 is 9.32 Å². The molecular weight excluding hydrogens is 385 g/mol. The number of nitrogens with zero attached hydrogens (tertiary/aromatic N) is 1. The predicted octanol–water partition coefficient (Wildman–Crippen LogP) is 4.36. The summed E-state index contributed by atoms with van der Waals surface area (Å²) in [4.78, 5) is 13.1. The Hall–Kier alpha value is -1.56. The van der Waals surface area contributed by atoms with Crippen LogP contribution < -0.4 is 11.1 Å². The van der Waals surface area contributed by atoms with Crippen molar-refractivity contribution in [2.24, 2.45) is 17.6 Å². The second-order valence-electron chi connectivity index (χ2n) is 7.62. The molecule has 2 fully saturated rings. The van der Waals surface area contributed by atoms with Crippen LogP contribution in [0.4, 0.5) is 0 Å². The number of carbonyl (C=O) groups excluding carboxylic acids is 1. The fourth-order valence-corrected chi connectivity index (χ4v) is 4.95. The van der Waals surface area contributed by atoms with E-state index in [0.29, 0.717) is 39.4 Å². The molecule has 2 aromatic rings. The molecule has 0 spiro atoms. The van der Waals surface area contributed by atoms with Crippen LogP contribution in [0, 0.1) is 18.8 Å². The lowest BCUT2D eigenvalue weighted by Crippen LogP contribution is -2.53. The zero-order valence-corrected chi connectivity index (χ0v) is 16.9. The summed E-state index contributed by atoms with van der Waals surface area (Å²) in [6, 6.07) is 7.81. The SMILES string of the molecule is Cc1onc(-c2ccccc2Cl)c1C(=O)NC1C2CCCC1CC(N)C2.Cl. The van der Waals surface area contributed by atoms with Crippen molar-refractivity contribution in [2.45, 2.75) is 51.1 Å². The molecule has 2 aliphatic carbocycles. The van der Waals surface area contributed by atoms with Crippen molar-refractivity contribution in [2.75, 3.05) is 0 Å². The van der Waals surface area contributed by atoms with Gasteiger partial charge in [0.15, 0.2) is 0 Å². The minimum absolute atomic E-state index is 0. The van der Waals surface area contributed by atoms with Gasteiger partial charge in [-0.1, -0.05) is 41.4 Å². The number of nitrogens with two attached hydrogens (primary N) is 1. The highest BCUT2D eigenvalue weighted by Crippen LogP contribution is 2.40. The maximum atomic E-state index is 13.1. The number of hydrogen-bond acceptors (Lipinski definition) is 4. The number of amides is 1. The smallest absolute Gasteiger partial charge is 0.257 e. The fraction of sp³-hybridized carbons (Fsp3) is 0.500. The van der Waals surface area contributed by atoms with E-state index >= 15 is 0 Å². The molecule has 3 N–H and O–H groups in total. The van der Waals surface area contributed by atoms with Gasteiger partial charge in [0.05, 0.1) is 5.02 Å². The summed E-state index contributed by atoms with van der Waals surface area (Å²) in [6.07, 6.45) is 5.47. The molecule has 1 aromatic heterocycles. The van der Waals surface area contributed by atoms with E-state index in [2.05, 4.69) is 10.5 Å². The van der Waals surface area contributed by atoms with Crippen LogP contribution in [0.25, 0.3) is 11.3 Å². The molecule has 1 aromatic carbocycles. The third-order valence-corrected chi connectivity index (χ3v) is 6.22. The molecule has 7 heteroatoms. The molecule has 2 bridgehead atoms. The molecule has 0 saturated heterocycles. The third kappa shape index (κ3) is 3.86. The highest BCUT2D eigenvalue weighted by atomic mass is 35.5. The maximum Gasteiger partial charge on any atom is 0.257 e. The summed E-state index contributed by atoms with van der Waals surface area (Å²) in [7, 11) is 0. The first kappa shape index (κ1) is 20.2. The first-order valence-electron chi connectivity index (χ1n) is 9.32. The van der Waals surface area contributed by atoms with E-state index in [1.54, 1.807) is 13.0 Å². The third-order valence-electron chi connectivity index (χ3n) is 5.89. The minimum atomic E-state index is -0.129. The van der Waals surface area contributed by atoms with Crippen LogP contribution in [0.3, 0.4) is 0 Å². The van der Waals surface area contributed by atoms with Gasteiger partial charge in [0.25, 0.3) is 5.91 Å². The van der Waals surface area contributed by atoms with E-state index in [1.807, 2.05) is 18.2 Å². The number of carbonyl (C=O) groups is 1. The molecule has 2 unspecified atom stereocenters. The first-order valence-corrected chi connectivity index (χ1v) is 9.70. The standard InChI is InChI=1S/C20H24ClN3O2.ClH/c1-11-17(19(24-26-11)15-7-2-3-8-16(15)21)20(25)23-18-12-5-4-6-13(18)10-14(22)9-12;/h2-3,7-8,12-14,18H,4-6,9-10,22H2,1H3,(H,23,25);1H. The maximum absolute atomic E-state index is 13.1. The molecule has 2 atom stereocenters. The van der Waals surface area contributed by atoms with Gasteiger partial charge in [-0.15, -0.1) is 12.4 Å². The Bertz CT molecular complexity index is 809.